The van der Waals surface area contributed by atoms with Crippen LogP contribution in [0.25, 0.3) is 0 Å². The molecule has 1 aromatic rings. The molecule has 0 aromatic carbocycles. The van der Waals surface area contributed by atoms with Crippen LogP contribution in [0.5, 0.6) is 0 Å². The molecule has 0 saturated carbocycles. The summed E-state index contributed by atoms with van der Waals surface area (Å²) in [5, 5.41) is 16.9. The van der Waals surface area contributed by atoms with Crippen LogP contribution in [0.2, 0.25) is 0 Å². The fraction of sp³-hybridized carbons (Fsp3) is 0.636. The zero-order valence-electron chi connectivity index (χ0n) is 9.63. The Morgan fingerprint density at radius 2 is 2.00 bits per heavy atom. The third-order valence-electron chi connectivity index (χ3n) is 2.61. The lowest BCUT2D eigenvalue weighted by Crippen LogP contribution is -2.45. The molecular weight excluding hydrogens is 206 g/mol. The van der Waals surface area contributed by atoms with E-state index in [2.05, 4.69) is 28.9 Å². The van der Waals surface area contributed by atoms with Crippen molar-refractivity contribution < 1.29 is 9.84 Å². The predicted molar refractivity (Wildman–Crippen MR) is 60.2 cm³/mol. The Balaban J connectivity index is 2.10. The van der Waals surface area contributed by atoms with E-state index in [0.717, 1.165) is 18.9 Å². The van der Waals surface area contributed by atoms with Gasteiger partial charge in [-0.3, -0.25) is 0 Å². The van der Waals surface area contributed by atoms with Gasteiger partial charge in [0.2, 0.25) is 0 Å². The minimum absolute atomic E-state index is 0.0663. The molecule has 2 atom stereocenters. The molecule has 5 heteroatoms. The lowest BCUT2D eigenvalue weighted by molar-refractivity contribution is -0.00551. The lowest BCUT2D eigenvalue weighted by Gasteiger charge is -2.35. The second-order valence-corrected chi connectivity index (χ2v) is 4.20. The molecule has 2 rings (SSSR count). The van der Waals surface area contributed by atoms with Gasteiger partial charge in [0.15, 0.2) is 5.82 Å². The third-order valence-corrected chi connectivity index (χ3v) is 2.61. The lowest BCUT2D eigenvalue weighted by atomic mass is 10.2. The van der Waals surface area contributed by atoms with Crippen molar-refractivity contribution in [2.75, 3.05) is 18.0 Å². The minimum atomic E-state index is -0.0663. The zero-order chi connectivity index (χ0) is 11.5. The largest absolute Gasteiger partial charge is 0.390 e. The molecule has 0 unspecified atom stereocenters. The van der Waals surface area contributed by atoms with E-state index < -0.39 is 0 Å². The van der Waals surface area contributed by atoms with Crippen molar-refractivity contribution in [1.82, 2.24) is 10.2 Å². The van der Waals surface area contributed by atoms with E-state index in [9.17, 15) is 0 Å². The molecule has 0 amide bonds. The normalized spacial score (nSPS) is 25.8. The topological polar surface area (TPSA) is 58.5 Å². The maximum Gasteiger partial charge on any atom is 0.151 e. The Morgan fingerprint density at radius 1 is 1.31 bits per heavy atom. The van der Waals surface area contributed by atoms with Crippen molar-refractivity contribution in [2.45, 2.75) is 32.7 Å². The summed E-state index contributed by atoms with van der Waals surface area (Å²) < 4.78 is 5.65. The van der Waals surface area contributed by atoms with E-state index in [0.29, 0.717) is 5.69 Å². The van der Waals surface area contributed by atoms with Gasteiger partial charge < -0.3 is 14.7 Å². The number of hydrogen-bond donors (Lipinski definition) is 1. The number of ether oxygens (including phenoxy) is 1. The number of morpholine rings is 1. The highest BCUT2D eigenvalue weighted by Gasteiger charge is 2.23. The Morgan fingerprint density at radius 3 is 2.50 bits per heavy atom. The SMILES string of the molecule is C[C@@H]1CN(c2ccc(CO)nn2)C[C@H](C)O1. The predicted octanol–water partition coefficient (Wildman–Crippen LogP) is 0.583. The van der Waals surface area contributed by atoms with Gasteiger partial charge in [0, 0.05) is 13.1 Å². The number of aliphatic hydroxyl groups is 1. The van der Waals surface area contributed by atoms with Gasteiger partial charge in [-0.05, 0) is 26.0 Å². The third kappa shape index (κ3) is 2.48. The summed E-state index contributed by atoms with van der Waals surface area (Å²) in [5.74, 6) is 0.846. The summed E-state index contributed by atoms with van der Waals surface area (Å²) in [4.78, 5) is 2.16. The van der Waals surface area contributed by atoms with Crippen molar-refractivity contribution in [1.29, 1.82) is 0 Å². The van der Waals surface area contributed by atoms with E-state index in [-0.39, 0.29) is 18.8 Å². The Hall–Kier alpha value is -1.20. The molecule has 88 valence electrons. The summed E-state index contributed by atoms with van der Waals surface area (Å²) in [6, 6.07) is 3.69. The average Bonchev–Trinajstić information content (AvgIpc) is 2.28. The van der Waals surface area contributed by atoms with Gasteiger partial charge in [0.25, 0.3) is 0 Å². The molecule has 1 N–H and O–H groups in total. The first-order valence-electron chi connectivity index (χ1n) is 5.53. The van der Waals surface area contributed by atoms with E-state index in [4.69, 9.17) is 9.84 Å². The fourth-order valence-electron chi connectivity index (χ4n) is 1.97. The second kappa shape index (κ2) is 4.76. The van der Waals surface area contributed by atoms with Crippen LogP contribution in [-0.4, -0.2) is 40.6 Å². The molecule has 16 heavy (non-hydrogen) atoms. The van der Waals surface area contributed by atoms with Crippen LogP contribution < -0.4 is 4.90 Å². The van der Waals surface area contributed by atoms with E-state index in [1.165, 1.54) is 0 Å². The van der Waals surface area contributed by atoms with Crippen molar-refractivity contribution in [3.63, 3.8) is 0 Å². The summed E-state index contributed by atoms with van der Waals surface area (Å²) >= 11 is 0. The Bertz CT molecular complexity index is 332. The van der Waals surface area contributed by atoms with Gasteiger partial charge in [-0.2, -0.15) is 5.10 Å². The fourth-order valence-corrected chi connectivity index (χ4v) is 1.97. The molecule has 0 spiro atoms. The van der Waals surface area contributed by atoms with Crippen LogP contribution in [0.4, 0.5) is 5.82 Å². The molecule has 2 heterocycles. The zero-order valence-corrected chi connectivity index (χ0v) is 9.63. The molecule has 1 saturated heterocycles. The highest BCUT2D eigenvalue weighted by atomic mass is 16.5. The van der Waals surface area contributed by atoms with Gasteiger partial charge in [0.1, 0.15) is 0 Å². The van der Waals surface area contributed by atoms with Crippen molar-refractivity contribution >= 4 is 5.82 Å². The van der Waals surface area contributed by atoms with Gasteiger partial charge in [-0.15, -0.1) is 5.10 Å². The number of aliphatic hydroxyl groups excluding tert-OH is 1. The highest BCUT2D eigenvalue weighted by molar-refractivity contribution is 5.38. The van der Waals surface area contributed by atoms with Crippen molar-refractivity contribution in [3.05, 3.63) is 17.8 Å². The van der Waals surface area contributed by atoms with Crippen LogP contribution in [0.3, 0.4) is 0 Å². The first kappa shape index (κ1) is 11.3. The summed E-state index contributed by atoms with van der Waals surface area (Å²) in [6.45, 7) is 5.70. The molecule has 1 aromatic heterocycles. The van der Waals surface area contributed by atoms with Gasteiger partial charge >= 0.3 is 0 Å². The second-order valence-electron chi connectivity index (χ2n) is 4.20. The molecule has 0 radical (unpaired) electrons. The first-order valence-corrected chi connectivity index (χ1v) is 5.53. The summed E-state index contributed by atoms with van der Waals surface area (Å²) in [7, 11) is 0. The maximum absolute atomic E-state index is 8.89. The minimum Gasteiger partial charge on any atom is -0.390 e. The highest BCUT2D eigenvalue weighted by Crippen LogP contribution is 2.17. The molecule has 1 aliphatic rings. The van der Waals surface area contributed by atoms with Crippen LogP contribution in [-0.2, 0) is 11.3 Å². The smallest absolute Gasteiger partial charge is 0.151 e. The monoisotopic (exact) mass is 223 g/mol. The van der Waals surface area contributed by atoms with Gasteiger partial charge in [-0.1, -0.05) is 0 Å². The summed E-state index contributed by atoms with van der Waals surface area (Å²) in [5.41, 5.74) is 0.595. The van der Waals surface area contributed by atoms with E-state index in [1.807, 2.05) is 6.07 Å². The first-order chi connectivity index (χ1) is 7.69. The van der Waals surface area contributed by atoms with Crippen LogP contribution in [0.1, 0.15) is 19.5 Å². The van der Waals surface area contributed by atoms with Gasteiger partial charge in [-0.25, -0.2) is 0 Å². The van der Waals surface area contributed by atoms with E-state index >= 15 is 0 Å². The molecule has 1 aliphatic heterocycles. The Kier molecular flexibility index (Phi) is 3.36. The number of nitrogens with zero attached hydrogens (tertiary/aromatic N) is 3. The molecule has 0 aliphatic carbocycles. The quantitative estimate of drug-likeness (QED) is 0.795. The molecule has 0 bridgehead atoms. The van der Waals surface area contributed by atoms with E-state index in [1.54, 1.807) is 6.07 Å². The standard InChI is InChI=1S/C11H17N3O2/c1-8-5-14(6-9(2)16-8)11-4-3-10(7-15)12-13-11/h3-4,8-9,15H,5-7H2,1-2H3/t8-,9+. The molecule has 5 nitrogen and oxygen atoms in total. The number of rotatable bonds is 2. The molecule has 1 fully saturated rings. The number of hydrogen-bond acceptors (Lipinski definition) is 5. The average molecular weight is 223 g/mol. The maximum atomic E-state index is 8.89. The number of aromatic nitrogens is 2. The number of anilines is 1. The Labute approximate surface area is 95.1 Å². The van der Waals surface area contributed by atoms with Crippen LogP contribution in [0.15, 0.2) is 12.1 Å². The summed E-state index contributed by atoms with van der Waals surface area (Å²) in [6.07, 6.45) is 0.422. The van der Waals surface area contributed by atoms with Crippen molar-refractivity contribution in [3.8, 4) is 0 Å². The van der Waals surface area contributed by atoms with Crippen molar-refractivity contribution in [2.24, 2.45) is 0 Å². The molecular formula is C11H17N3O2. The van der Waals surface area contributed by atoms with Crippen LogP contribution in [0, 0.1) is 0 Å². The van der Waals surface area contributed by atoms with Crippen LogP contribution >= 0.6 is 0 Å². The van der Waals surface area contributed by atoms with Gasteiger partial charge in [0.05, 0.1) is 24.5 Å².